The second kappa shape index (κ2) is 3.25. The SMILES string of the molecule is BC(B)(O)CC(O)C(B)(B)O. The Balaban J connectivity index is 3.99. The molecule has 0 radical (unpaired) electrons. The average molecular weight is 153 g/mol. The van der Waals surface area contributed by atoms with Gasteiger partial charge in [-0.2, -0.15) is 0 Å². The molecule has 0 saturated heterocycles. The van der Waals surface area contributed by atoms with Crippen LogP contribution in [0.2, 0.25) is 0 Å². The van der Waals surface area contributed by atoms with E-state index < -0.39 is 16.9 Å². The first-order valence-electron chi connectivity index (χ1n) is 3.76. The molecule has 3 nitrogen and oxygen atoms in total. The minimum atomic E-state index is -1.14. The summed E-state index contributed by atoms with van der Waals surface area (Å²) in [7, 11) is 6.23. The van der Waals surface area contributed by atoms with Crippen LogP contribution in [0.4, 0.5) is 0 Å². The molecule has 7 heteroatoms. The molecule has 0 aromatic heterocycles. The molecule has 0 amide bonds. The quantitative estimate of drug-likeness (QED) is 0.355. The molecule has 60 valence electrons. The summed E-state index contributed by atoms with van der Waals surface area (Å²) >= 11 is 0. The van der Waals surface area contributed by atoms with Crippen LogP contribution in [0.1, 0.15) is 6.42 Å². The monoisotopic (exact) mass is 154 g/mol. The Hall–Kier alpha value is 0.140. The fraction of sp³-hybridized carbons (Fsp3) is 1.00. The normalized spacial score (nSPS) is 16.3. The lowest BCUT2D eigenvalue weighted by molar-refractivity contribution is 0.0108. The number of rotatable bonds is 3. The number of aliphatic hydroxyl groups is 3. The van der Waals surface area contributed by atoms with E-state index in [-0.39, 0.29) is 6.42 Å². The Morgan fingerprint density at radius 3 is 1.55 bits per heavy atom. The molecule has 11 heavy (non-hydrogen) atoms. The highest BCUT2D eigenvalue weighted by molar-refractivity contribution is 6.40. The zero-order valence-corrected chi connectivity index (χ0v) is 7.63. The van der Waals surface area contributed by atoms with Crippen molar-refractivity contribution in [3.8, 4) is 0 Å². The standard InChI is InChI=1S/C4H14B4O3/c5-3(6,10)1-2(9)4(7,8)11/h2,9-11H,1,5-8H2. The number of hydrogen-bond donors (Lipinski definition) is 3. The first-order chi connectivity index (χ1) is 4.63. The zero-order chi connectivity index (χ0) is 9.28. The van der Waals surface area contributed by atoms with Crippen LogP contribution in [0, 0.1) is 0 Å². The lowest BCUT2D eigenvalue weighted by atomic mass is 9.55. The summed E-state index contributed by atoms with van der Waals surface area (Å²) in [4.78, 5) is 0. The van der Waals surface area contributed by atoms with Gasteiger partial charge in [-0.25, -0.2) is 0 Å². The molecule has 0 spiro atoms. The van der Waals surface area contributed by atoms with Crippen molar-refractivity contribution in [2.45, 2.75) is 23.3 Å². The van der Waals surface area contributed by atoms with Crippen LogP contribution >= 0.6 is 0 Å². The van der Waals surface area contributed by atoms with Gasteiger partial charge in [0.25, 0.3) is 0 Å². The lowest BCUT2D eigenvalue weighted by Crippen LogP contribution is -2.48. The van der Waals surface area contributed by atoms with Crippen molar-refractivity contribution < 1.29 is 15.3 Å². The van der Waals surface area contributed by atoms with Crippen molar-refractivity contribution in [2.75, 3.05) is 0 Å². The highest BCUT2D eigenvalue weighted by atomic mass is 16.3. The Kier molecular flexibility index (Phi) is 3.29. The van der Waals surface area contributed by atoms with E-state index in [1.807, 2.05) is 0 Å². The molecule has 1 unspecified atom stereocenters. The van der Waals surface area contributed by atoms with Crippen LogP contribution in [0.25, 0.3) is 0 Å². The van der Waals surface area contributed by atoms with Crippen LogP contribution in [0.15, 0.2) is 0 Å². The molecule has 0 saturated carbocycles. The maximum absolute atomic E-state index is 9.31. The average Bonchev–Trinajstić information content (AvgIpc) is 1.56. The van der Waals surface area contributed by atoms with Crippen molar-refractivity contribution in [1.29, 1.82) is 0 Å². The van der Waals surface area contributed by atoms with Crippen molar-refractivity contribution in [1.82, 2.24) is 0 Å². The van der Waals surface area contributed by atoms with Crippen LogP contribution in [0.3, 0.4) is 0 Å². The summed E-state index contributed by atoms with van der Waals surface area (Å²) in [5.41, 5.74) is 0. The third-order valence-electron chi connectivity index (χ3n) is 1.51. The Morgan fingerprint density at radius 2 is 1.45 bits per heavy atom. The number of hydrogen-bond acceptors (Lipinski definition) is 3. The molecular formula is C4H14B4O3. The van der Waals surface area contributed by atoms with Gasteiger partial charge < -0.3 is 15.3 Å². The minimum absolute atomic E-state index is 0.177. The molecule has 0 aliphatic carbocycles. The molecule has 0 fully saturated rings. The molecular weight excluding hydrogens is 139 g/mol. The molecule has 0 aliphatic rings. The van der Waals surface area contributed by atoms with E-state index in [9.17, 15) is 15.3 Å². The fourth-order valence-corrected chi connectivity index (χ4v) is 0.723. The Labute approximate surface area is 70.8 Å². The van der Waals surface area contributed by atoms with Gasteiger partial charge in [0.2, 0.25) is 0 Å². The maximum atomic E-state index is 9.31. The van der Waals surface area contributed by atoms with Gasteiger partial charge in [-0.1, -0.05) is 0 Å². The van der Waals surface area contributed by atoms with Gasteiger partial charge in [0.15, 0.2) is 0 Å². The van der Waals surface area contributed by atoms with E-state index in [1.165, 1.54) is 15.7 Å². The highest BCUT2D eigenvalue weighted by Crippen LogP contribution is 2.11. The van der Waals surface area contributed by atoms with Gasteiger partial charge in [0.1, 0.15) is 31.4 Å². The van der Waals surface area contributed by atoms with Crippen molar-refractivity contribution >= 4 is 31.4 Å². The topological polar surface area (TPSA) is 60.7 Å². The Bertz CT molecular complexity index is 126. The summed E-state index contributed by atoms with van der Waals surface area (Å²) in [6.07, 6.45) is -0.709. The summed E-state index contributed by atoms with van der Waals surface area (Å²) in [5, 5.41) is 25.8. The molecule has 0 aromatic rings. The highest BCUT2D eigenvalue weighted by Gasteiger charge is 2.29. The van der Waals surface area contributed by atoms with Crippen LogP contribution in [0.5, 0.6) is 0 Å². The summed E-state index contributed by atoms with van der Waals surface area (Å²) in [6.45, 7) is 0. The van der Waals surface area contributed by atoms with Gasteiger partial charge in [-0.3, -0.25) is 0 Å². The third-order valence-corrected chi connectivity index (χ3v) is 1.51. The van der Waals surface area contributed by atoms with Gasteiger partial charge in [-0.05, 0) is 6.42 Å². The van der Waals surface area contributed by atoms with Gasteiger partial charge in [0, 0.05) is 10.8 Å². The lowest BCUT2D eigenvalue weighted by Gasteiger charge is -2.30. The summed E-state index contributed by atoms with van der Waals surface area (Å²) in [5.74, 6) is 0. The van der Waals surface area contributed by atoms with Crippen molar-refractivity contribution in [3.63, 3.8) is 0 Å². The van der Waals surface area contributed by atoms with Gasteiger partial charge >= 0.3 is 0 Å². The zero-order valence-electron chi connectivity index (χ0n) is 7.63. The first kappa shape index (κ1) is 11.1. The van der Waals surface area contributed by atoms with Crippen LogP contribution in [-0.4, -0.2) is 63.6 Å². The van der Waals surface area contributed by atoms with E-state index in [2.05, 4.69) is 0 Å². The van der Waals surface area contributed by atoms with Crippen LogP contribution < -0.4 is 0 Å². The molecule has 0 aromatic carbocycles. The van der Waals surface area contributed by atoms with Gasteiger partial charge in [-0.15, -0.1) is 0 Å². The first-order valence-corrected chi connectivity index (χ1v) is 3.76. The molecule has 0 heterocycles. The van der Waals surface area contributed by atoms with E-state index in [1.54, 1.807) is 15.7 Å². The maximum Gasteiger partial charge on any atom is 0.135 e. The second-order valence-electron chi connectivity index (χ2n) is 4.19. The molecule has 3 N–H and O–H groups in total. The second-order valence-corrected chi connectivity index (χ2v) is 4.19. The van der Waals surface area contributed by atoms with Gasteiger partial charge in [0.05, 0.1) is 6.10 Å². The van der Waals surface area contributed by atoms with Crippen molar-refractivity contribution in [3.05, 3.63) is 0 Å². The largest absolute Gasteiger partial charge is 0.408 e. The molecule has 0 aliphatic heterocycles. The van der Waals surface area contributed by atoms with E-state index in [4.69, 9.17) is 0 Å². The van der Waals surface area contributed by atoms with E-state index >= 15 is 0 Å². The number of aliphatic hydroxyl groups excluding tert-OH is 1. The van der Waals surface area contributed by atoms with Crippen molar-refractivity contribution in [2.24, 2.45) is 0 Å². The third kappa shape index (κ3) is 5.41. The minimum Gasteiger partial charge on any atom is -0.408 e. The van der Waals surface area contributed by atoms with E-state index in [0.29, 0.717) is 0 Å². The molecule has 0 rings (SSSR count). The molecule has 1 atom stereocenters. The Morgan fingerprint density at radius 1 is 1.09 bits per heavy atom. The summed E-state index contributed by atoms with van der Waals surface area (Å²) in [6, 6.07) is 0. The summed E-state index contributed by atoms with van der Waals surface area (Å²) < 4.78 is 0. The predicted octanol–water partition coefficient (Wildman–Crippen LogP) is -5.44. The molecule has 0 bridgehead atoms. The fourth-order valence-electron chi connectivity index (χ4n) is 0.723. The smallest absolute Gasteiger partial charge is 0.135 e. The predicted molar refractivity (Wildman–Crippen MR) is 54.7 cm³/mol. The van der Waals surface area contributed by atoms with Crippen LogP contribution in [-0.2, 0) is 0 Å². The van der Waals surface area contributed by atoms with E-state index in [0.717, 1.165) is 0 Å².